The van der Waals surface area contributed by atoms with E-state index in [1.54, 1.807) is 25.4 Å². The van der Waals surface area contributed by atoms with Crippen LogP contribution in [0.4, 0.5) is 11.6 Å². The van der Waals surface area contributed by atoms with Gasteiger partial charge < -0.3 is 21.1 Å². The molecular weight excluding hydrogens is 455 g/mol. The molecule has 1 aromatic carbocycles. The van der Waals surface area contributed by atoms with Crippen molar-refractivity contribution in [3.63, 3.8) is 0 Å². The Hall–Kier alpha value is -3.09. The number of aromatic nitrogens is 2. The molecule has 0 radical (unpaired) electrons. The molecule has 1 heterocycles. The third-order valence-corrected chi connectivity index (χ3v) is 4.67. The standard InChI is InChI=1S/C21H26N6O6.Na.H/c1-14-6-7-15(11-17(14)27(32)33)16(12-20(30)31)26-19(29)13-25-18(28)5-2-3-8-22-21-23-9-4-10-24-21;;/h4,6-7,9-11,16H,2-3,5,8,12-13H2,1H3,(H,25,28)(H,26,29)(H,30,31)(H,22,23,24);;. The van der Waals surface area contributed by atoms with Crippen LogP contribution in [-0.4, -0.2) is 80.4 Å². The summed E-state index contributed by atoms with van der Waals surface area (Å²) in [5, 5.41) is 28.4. The Morgan fingerprint density at radius 3 is 2.50 bits per heavy atom. The molecule has 0 aliphatic heterocycles. The average molecular weight is 482 g/mol. The summed E-state index contributed by atoms with van der Waals surface area (Å²) in [6.45, 7) is 1.82. The molecule has 0 fully saturated rings. The van der Waals surface area contributed by atoms with E-state index in [2.05, 4.69) is 25.9 Å². The van der Waals surface area contributed by atoms with Crippen LogP contribution in [0.25, 0.3) is 0 Å². The molecule has 0 spiro atoms. The van der Waals surface area contributed by atoms with Crippen LogP contribution in [-0.2, 0) is 14.4 Å². The number of nitrogens with zero attached hydrogens (tertiary/aromatic N) is 3. The van der Waals surface area contributed by atoms with E-state index in [9.17, 15) is 24.5 Å². The maximum atomic E-state index is 12.3. The van der Waals surface area contributed by atoms with Gasteiger partial charge in [0.25, 0.3) is 5.69 Å². The zero-order valence-corrected chi connectivity index (χ0v) is 18.1. The van der Waals surface area contributed by atoms with E-state index < -0.39 is 29.3 Å². The minimum absolute atomic E-state index is 0. The van der Waals surface area contributed by atoms with Gasteiger partial charge in [-0.3, -0.25) is 24.5 Å². The van der Waals surface area contributed by atoms with E-state index in [4.69, 9.17) is 5.11 Å². The van der Waals surface area contributed by atoms with Crippen molar-refractivity contribution in [1.82, 2.24) is 20.6 Å². The van der Waals surface area contributed by atoms with Gasteiger partial charge in [-0.15, -0.1) is 0 Å². The first-order chi connectivity index (χ1) is 15.8. The van der Waals surface area contributed by atoms with Crippen molar-refractivity contribution >= 4 is 59.0 Å². The number of carbonyl (C=O) groups is 3. The monoisotopic (exact) mass is 482 g/mol. The van der Waals surface area contributed by atoms with Crippen LogP contribution in [0.5, 0.6) is 0 Å². The number of benzene rings is 1. The van der Waals surface area contributed by atoms with Crippen molar-refractivity contribution in [2.75, 3.05) is 18.4 Å². The summed E-state index contributed by atoms with van der Waals surface area (Å²) < 4.78 is 0. The fourth-order valence-electron chi connectivity index (χ4n) is 2.98. The Labute approximate surface area is 218 Å². The van der Waals surface area contributed by atoms with E-state index in [0.29, 0.717) is 36.5 Å². The van der Waals surface area contributed by atoms with E-state index in [1.807, 2.05) is 0 Å². The summed E-state index contributed by atoms with van der Waals surface area (Å²) in [6, 6.07) is 5.01. The van der Waals surface area contributed by atoms with Crippen molar-refractivity contribution in [1.29, 1.82) is 0 Å². The van der Waals surface area contributed by atoms with Gasteiger partial charge in [-0.1, -0.05) is 12.1 Å². The molecule has 0 bridgehead atoms. The molecule has 0 aliphatic carbocycles. The van der Waals surface area contributed by atoms with E-state index in [-0.39, 0.29) is 54.1 Å². The van der Waals surface area contributed by atoms with Crippen LogP contribution in [0, 0.1) is 17.0 Å². The predicted octanol–water partition coefficient (Wildman–Crippen LogP) is 1.08. The number of carboxylic acids is 1. The number of carbonyl (C=O) groups excluding carboxylic acids is 2. The minimum atomic E-state index is -1.18. The molecule has 178 valence electrons. The number of hydrogen-bond acceptors (Lipinski definition) is 8. The van der Waals surface area contributed by atoms with Gasteiger partial charge in [0, 0.05) is 37.0 Å². The third-order valence-electron chi connectivity index (χ3n) is 4.67. The number of unbranched alkanes of at least 4 members (excludes halogenated alkanes) is 1. The number of rotatable bonds is 13. The van der Waals surface area contributed by atoms with Gasteiger partial charge in [0.2, 0.25) is 17.8 Å². The fourth-order valence-corrected chi connectivity index (χ4v) is 2.98. The quantitative estimate of drug-likeness (QED) is 0.141. The van der Waals surface area contributed by atoms with E-state index >= 15 is 0 Å². The number of anilines is 1. The van der Waals surface area contributed by atoms with Crippen LogP contribution in [0.15, 0.2) is 36.7 Å². The Bertz CT molecular complexity index is 991. The first kappa shape index (κ1) is 28.9. The normalized spacial score (nSPS) is 11.0. The SMILES string of the molecule is Cc1ccc(C(CC(=O)O)NC(=O)CNC(=O)CCCCNc2ncccn2)cc1[N+](=O)[O-].[NaH]. The first-order valence-electron chi connectivity index (χ1n) is 10.3. The molecule has 0 saturated carbocycles. The summed E-state index contributed by atoms with van der Waals surface area (Å²) >= 11 is 0. The maximum absolute atomic E-state index is 12.3. The molecule has 0 aliphatic rings. The number of carboxylic acid groups (broad SMARTS) is 1. The molecule has 4 N–H and O–H groups in total. The Morgan fingerprint density at radius 1 is 1.15 bits per heavy atom. The predicted molar refractivity (Wildman–Crippen MR) is 126 cm³/mol. The van der Waals surface area contributed by atoms with E-state index in [0.717, 1.165) is 0 Å². The molecule has 34 heavy (non-hydrogen) atoms. The number of nitrogens with one attached hydrogen (secondary N) is 3. The molecule has 0 saturated heterocycles. The molecule has 12 nitrogen and oxygen atoms in total. The number of nitro groups is 1. The first-order valence-corrected chi connectivity index (χ1v) is 10.3. The van der Waals surface area contributed by atoms with Gasteiger partial charge in [0.05, 0.1) is 23.9 Å². The molecule has 1 atom stereocenters. The average Bonchev–Trinajstić information content (AvgIpc) is 2.77. The summed E-state index contributed by atoms with van der Waals surface area (Å²) in [6.07, 6.45) is 4.28. The molecule has 1 unspecified atom stereocenters. The molecule has 2 aromatic rings. The van der Waals surface area contributed by atoms with Crippen LogP contribution in [0.3, 0.4) is 0 Å². The zero-order valence-electron chi connectivity index (χ0n) is 18.1. The van der Waals surface area contributed by atoms with Crippen LogP contribution < -0.4 is 16.0 Å². The molecular formula is C21H27N6NaO6. The van der Waals surface area contributed by atoms with Crippen molar-refractivity contribution in [3.8, 4) is 0 Å². The van der Waals surface area contributed by atoms with Gasteiger partial charge in [0.15, 0.2) is 0 Å². The van der Waals surface area contributed by atoms with Crippen LogP contribution in [0.1, 0.15) is 42.9 Å². The van der Waals surface area contributed by atoms with E-state index in [1.165, 1.54) is 18.2 Å². The number of nitro benzene ring substituents is 1. The topological polar surface area (TPSA) is 176 Å². The van der Waals surface area contributed by atoms with Gasteiger partial charge in [-0.05, 0) is 31.4 Å². The summed E-state index contributed by atoms with van der Waals surface area (Å²) in [4.78, 5) is 54.1. The number of aliphatic carboxylic acids is 1. The van der Waals surface area contributed by atoms with Gasteiger partial charge in [0.1, 0.15) is 0 Å². The summed E-state index contributed by atoms with van der Waals surface area (Å²) in [7, 11) is 0. The summed E-state index contributed by atoms with van der Waals surface area (Å²) in [5.74, 6) is -1.59. The Morgan fingerprint density at radius 2 is 1.85 bits per heavy atom. The second-order valence-corrected chi connectivity index (χ2v) is 7.25. The van der Waals surface area contributed by atoms with Crippen molar-refractivity contribution in [2.24, 2.45) is 0 Å². The Balaban J connectivity index is 0.00000578. The van der Waals surface area contributed by atoms with Gasteiger partial charge in [-0.2, -0.15) is 0 Å². The third kappa shape index (κ3) is 10.2. The Kier molecular flexibility index (Phi) is 12.7. The number of amides is 2. The second-order valence-electron chi connectivity index (χ2n) is 7.25. The second kappa shape index (κ2) is 14.9. The molecule has 1 aromatic heterocycles. The molecule has 2 amide bonds. The van der Waals surface area contributed by atoms with Crippen molar-refractivity contribution in [2.45, 2.75) is 38.6 Å². The molecule has 2 rings (SSSR count). The van der Waals surface area contributed by atoms with Gasteiger partial charge in [-0.25, -0.2) is 9.97 Å². The molecule has 13 heteroatoms. The summed E-state index contributed by atoms with van der Waals surface area (Å²) in [5.41, 5.74) is 0.547. The number of aryl methyl sites for hydroxylation is 1. The van der Waals surface area contributed by atoms with Crippen LogP contribution >= 0.6 is 0 Å². The zero-order chi connectivity index (χ0) is 24.2. The van der Waals surface area contributed by atoms with Crippen LogP contribution in [0.2, 0.25) is 0 Å². The fraction of sp³-hybridized carbons (Fsp3) is 0.381. The van der Waals surface area contributed by atoms with Gasteiger partial charge >= 0.3 is 35.5 Å². The number of hydrogen-bond donors (Lipinski definition) is 4. The van der Waals surface area contributed by atoms with Crippen molar-refractivity contribution < 1.29 is 24.4 Å². The van der Waals surface area contributed by atoms with Crippen molar-refractivity contribution in [3.05, 3.63) is 57.9 Å².